The van der Waals surface area contributed by atoms with Crippen molar-refractivity contribution in [1.82, 2.24) is 19.8 Å². The van der Waals surface area contributed by atoms with Gasteiger partial charge in [-0.25, -0.2) is 13.4 Å². The Morgan fingerprint density at radius 2 is 1.63 bits per heavy atom. The molecule has 0 spiro atoms. The lowest BCUT2D eigenvalue weighted by molar-refractivity contribution is 0.354. The number of hydrogen-bond acceptors (Lipinski definition) is 8. The Labute approximate surface area is 202 Å². The van der Waals surface area contributed by atoms with E-state index < -0.39 is 9.84 Å². The van der Waals surface area contributed by atoms with Crippen LogP contribution in [0.1, 0.15) is 18.5 Å². The van der Waals surface area contributed by atoms with Gasteiger partial charge < -0.3 is 14.8 Å². The van der Waals surface area contributed by atoms with Gasteiger partial charge in [-0.2, -0.15) is 4.52 Å². The maximum Gasteiger partial charge on any atom is 0.229 e. The van der Waals surface area contributed by atoms with Gasteiger partial charge in [0, 0.05) is 5.39 Å². The van der Waals surface area contributed by atoms with Crippen molar-refractivity contribution in [2.24, 2.45) is 0 Å². The molecule has 0 aliphatic carbocycles. The first kappa shape index (κ1) is 22.6. The van der Waals surface area contributed by atoms with Gasteiger partial charge in [0.25, 0.3) is 0 Å². The molecule has 178 valence electrons. The van der Waals surface area contributed by atoms with Crippen LogP contribution in [0.5, 0.6) is 11.5 Å². The smallest absolute Gasteiger partial charge is 0.229 e. The van der Waals surface area contributed by atoms with Crippen LogP contribution in [-0.2, 0) is 9.84 Å². The second-order valence-corrected chi connectivity index (χ2v) is 9.77. The van der Waals surface area contributed by atoms with Crippen LogP contribution in [0.3, 0.4) is 0 Å². The minimum atomic E-state index is -3.92. The van der Waals surface area contributed by atoms with Crippen molar-refractivity contribution in [1.29, 1.82) is 0 Å². The number of para-hydroxylation sites is 1. The fourth-order valence-electron chi connectivity index (χ4n) is 3.95. The van der Waals surface area contributed by atoms with Gasteiger partial charge in [-0.05, 0) is 48.9 Å². The predicted octanol–water partition coefficient (Wildman–Crippen LogP) is 4.30. The standard InChI is InChI=1S/C25H23N5O4S/c1-16(17-13-14-21(33-2)22(15-17)34-3)26-23-19-11-7-8-12-20(19)30-24(27-23)25(28-29-30)35(31,32)18-9-5-4-6-10-18/h4-16H,1-3H3,(H,26,27)/t16-/m1/s1. The third kappa shape index (κ3) is 3.91. The first-order chi connectivity index (χ1) is 16.9. The number of anilines is 1. The molecule has 10 heteroatoms. The van der Waals surface area contributed by atoms with Crippen molar-refractivity contribution >= 4 is 32.2 Å². The Kier molecular flexibility index (Phi) is 5.73. The van der Waals surface area contributed by atoms with Crippen molar-refractivity contribution in [3.05, 3.63) is 78.4 Å². The van der Waals surface area contributed by atoms with E-state index in [1.165, 1.54) is 16.6 Å². The predicted molar refractivity (Wildman–Crippen MR) is 132 cm³/mol. The van der Waals surface area contributed by atoms with Gasteiger partial charge in [0.15, 0.2) is 17.1 Å². The molecule has 2 heterocycles. The van der Waals surface area contributed by atoms with E-state index in [1.807, 2.05) is 49.4 Å². The number of nitrogens with zero attached hydrogens (tertiary/aromatic N) is 4. The minimum absolute atomic E-state index is 0.130. The van der Waals surface area contributed by atoms with Crippen LogP contribution in [0.2, 0.25) is 0 Å². The van der Waals surface area contributed by atoms with Crippen molar-refractivity contribution in [3.63, 3.8) is 0 Å². The first-order valence-corrected chi connectivity index (χ1v) is 12.3. The Bertz CT molecular complexity index is 1630. The van der Waals surface area contributed by atoms with Crippen LogP contribution in [-0.4, -0.2) is 42.4 Å². The number of methoxy groups -OCH3 is 2. The average Bonchev–Trinajstić information content (AvgIpc) is 3.34. The molecular weight excluding hydrogens is 466 g/mol. The minimum Gasteiger partial charge on any atom is -0.493 e. The summed E-state index contributed by atoms with van der Waals surface area (Å²) in [5, 5.41) is 12.1. The molecule has 0 bridgehead atoms. The number of ether oxygens (including phenoxy) is 2. The summed E-state index contributed by atoms with van der Waals surface area (Å²) in [7, 11) is -0.744. The van der Waals surface area contributed by atoms with Crippen LogP contribution in [0.4, 0.5) is 5.82 Å². The van der Waals surface area contributed by atoms with Crippen LogP contribution >= 0.6 is 0 Å². The Hall–Kier alpha value is -4.18. The molecule has 0 aliphatic rings. The number of fused-ring (bicyclic) bond motifs is 3. The summed E-state index contributed by atoms with van der Waals surface area (Å²) in [6.07, 6.45) is 0. The van der Waals surface area contributed by atoms with E-state index in [1.54, 1.807) is 32.4 Å². The summed E-state index contributed by atoms with van der Waals surface area (Å²) in [5.74, 6) is 1.76. The third-order valence-corrected chi connectivity index (χ3v) is 7.46. The summed E-state index contributed by atoms with van der Waals surface area (Å²) < 4.78 is 38.9. The number of benzene rings is 3. The third-order valence-electron chi connectivity index (χ3n) is 5.79. The molecule has 9 nitrogen and oxygen atoms in total. The molecule has 0 aliphatic heterocycles. The molecule has 1 atom stereocenters. The van der Waals surface area contributed by atoms with Crippen molar-refractivity contribution in [2.45, 2.75) is 22.9 Å². The Morgan fingerprint density at radius 3 is 2.37 bits per heavy atom. The molecule has 0 saturated carbocycles. The average molecular weight is 490 g/mol. The van der Waals surface area contributed by atoms with Gasteiger partial charge in [-0.1, -0.05) is 41.6 Å². The van der Waals surface area contributed by atoms with Crippen LogP contribution in [0.25, 0.3) is 16.6 Å². The summed E-state index contributed by atoms with van der Waals surface area (Å²) in [4.78, 5) is 4.82. The quantitative estimate of drug-likeness (QED) is 0.361. The molecule has 1 N–H and O–H groups in total. The highest BCUT2D eigenvalue weighted by Crippen LogP contribution is 2.33. The molecule has 2 aromatic heterocycles. The largest absolute Gasteiger partial charge is 0.493 e. The molecule has 0 saturated heterocycles. The van der Waals surface area contributed by atoms with Crippen molar-refractivity contribution < 1.29 is 17.9 Å². The second kappa shape index (κ2) is 8.88. The number of hydrogen-bond donors (Lipinski definition) is 1. The molecular formula is C25H23N5O4S. The maximum atomic E-state index is 13.3. The van der Waals surface area contributed by atoms with Crippen molar-refractivity contribution in [2.75, 3.05) is 19.5 Å². The highest BCUT2D eigenvalue weighted by Gasteiger charge is 2.27. The van der Waals surface area contributed by atoms with Crippen LogP contribution in [0, 0.1) is 0 Å². The summed E-state index contributed by atoms with van der Waals surface area (Å²) in [5.41, 5.74) is 1.77. The second-order valence-electron chi connectivity index (χ2n) is 7.90. The normalized spacial score (nSPS) is 12.5. The summed E-state index contributed by atoms with van der Waals surface area (Å²) in [6, 6.07) is 21.1. The molecule has 0 fully saturated rings. The monoisotopic (exact) mass is 489 g/mol. The molecule has 5 rings (SSSR count). The van der Waals surface area contributed by atoms with Gasteiger partial charge in [0.05, 0.1) is 30.7 Å². The number of rotatable bonds is 7. The lowest BCUT2D eigenvalue weighted by atomic mass is 10.1. The molecule has 0 unspecified atom stereocenters. The van der Waals surface area contributed by atoms with E-state index in [9.17, 15) is 8.42 Å². The fraction of sp³-hybridized carbons (Fsp3) is 0.160. The Morgan fingerprint density at radius 1 is 0.914 bits per heavy atom. The van der Waals surface area contributed by atoms with E-state index in [-0.39, 0.29) is 21.6 Å². The zero-order chi connectivity index (χ0) is 24.6. The lowest BCUT2D eigenvalue weighted by Gasteiger charge is -2.18. The zero-order valence-electron chi connectivity index (χ0n) is 19.3. The van der Waals surface area contributed by atoms with E-state index in [2.05, 4.69) is 20.6 Å². The number of nitrogens with one attached hydrogen (secondary N) is 1. The van der Waals surface area contributed by atoms with E-state index >= 15 is 0 Å². The van der Waals surface area contributed by atoms with E-state index in [0.29, 0.717) is 22.8 Å². The van der Waals surface area contributed by atoms with Gasteiger partial charge in [0.1, 0.15) is 5.82 Å². The van der Waals surface area contributed by atoms with Crippen molar-refractivity contribution in [3.8, 4) is 11.5 Å². The topological polar surface area (TPSA) is 108 Å². The molecule has 0 amide bonds. The van der Waals surface area contributed by atoms with E-state index in [4.69, 9.17) is 9.47 Å². The first-order valence-electron chi connectivity index (χ1n) is 10.9. The Balaban J connectivity index is 1.64. The van der Waals surface area contributed by atoms with Gasteiger partial charge >= 0.3 is 0 Å². The lowest BCUT2D eigenvalue weighted by Crippen LogP contribution is -2.11. The molecule has 35 heavy (non-hydrogen) atoms. The molecule has 5 aromatic rings. The summed E-state index contributed by atoms with van der Waals surface area (Å²) >= 11 is 0. The summed E-state index contributed by atoms with van der Waals surface area (Å²) in [6.45, 7) is 1.98. The van der Waals surface area contributed by atoms with Gasteiger partial charge in [-0.15, -0.1) is 5.10 Å². The maximum absolute atomic E-state index is 13.3. The molecule has 3 aromatic carbocycles. The highest BCUT2D eigenvalue weighted by molar-refractivity contribution is 7.91. The number of aromatic nitrogens is 4. The van der Waals surface area contributed by atoms with Gasteiger partial charge in [0.2, 0.25) is 14.9 Å². The molecule has 0 radical (unpaired) electrons. The van der Waals surface area contributed by atoms with Gasteiger partial charge in [-0.3, -0.25) is 0 Å². The number of sulfone groups is 1. The zero-order valence-corrected chi connectivity index (χ0v) is 20.2. The van der Waals surface area contributed by atoms with Crippen LogP contribution in [0.15, 0.2) is 82.7 Å². The SMILES string of the molecule is COc1ccc([C@@H](C)Nc2nc3c(S(=O)(=O)c4ccccc4)nnn3c3ccccc23)cc1OC. The fourth-order valence-corrected chi connectivity index (χ4v) is 5.21. The van der Waals surface area contributed by atoms with E-state index in [0.717, 1.165) is 10.9 Å². The van der Waals surface area contributed by atoms with Crippen LogP contribution < -0.4 is 14.8 Å². The highest BCUT2D eigenvalue weighted by atomic mass is 32.2.